The zero-order valence-electron chi connectivity index (χ0n) is 14.9. The average molecular weight is 443 g/mol. The van der Waals surface area contributed by atoms with Crippen molar-refractivity contribution >= 4 is 23.3 Å². The molecule has 1 amide bonds. The minimum atomic E-state index is -4.92. The van der Waals surface area contributed by atoms with Crippen LogP contribution >= 0.6 is 11.6 Å². The third-order valence-corrected chi connectivity index (χ3v) is 4.30. The van der Waals surface area contributed by atoms with Crippen LogP contribution in [0.4, 0.5) is 27.8 Å². The molecule has 0 atom stereocenters. The summed E-state index contributed by atoms with van der Waals surface area (Å²) in [6.07, 6.45) is -4.92. The van der Waals surface area contributed by atoms with Gasteiger partial charge < -0.3 is 11.1 Å². The van der Waals surface area contributed by atoms with E-state index in [1.54, 1.807) is 0 Å². The van der Waals surface area contributed by atoms with Gasteiger partial charge in [0.1, 0.15) is 28.8 Å². The fraction of sp³-hybridized carbons (Fsp3) is 0.105. The standard InChI is InChI=1S/C19H12ClF5N4O/c20-16-15(9-4-6-10(21)7-5-9)29-17(26)13(28-16)8-27-18(30)14-11(19(23,24)25)2-1-3-12(14)22/h1-7H,8H2,(H2,26,29)(H,27,30). The molecule has 2 aromatic carbocycles. The maximum atomic E-state index is 13.9. The number of aromatic nitrogens is 2. The van der Waals surface area contributed by atoms with E-state index in [9.17, 15) is 26.7 Å². The summed E-state index contributed by atoms with van der Waals surface area (Å²) >= 11 is 6.07. The minimum Gasteiger partial charge on any atom is -0.382 e. The Morgan fingerprint density at radius 1 is 1.07 bits per heavy atom. The van der Waals surface area contributed by atoms with Crippen LogP contribution in [-0.4, -0.2) is 15.9 Å². The Hall–Kier alpha value is -3.27. The first-order valence-electron chi connectivity index (χ1n) is 8.29. The number of alkyl halides is 3. The molecule has 0 aliphatic carbocycles. The second-order valence-corrected chi connectivity index (χ2v) is 6.40. The van der Waals surface area contributed by atoms with E-state index >= 15 is 0 Å². The number of carbonyl (C=O) groups excluding carboxylic acids is 1. The Labute approximate surface area is 171 Å². The van der Waals surface area contributed by atoms with Crippen molar-refractivity contribution in [3.63, 3.8) is 0 Å². The SMILES string of the molecule is Nc1nc(-c2ccc(F)cc2)c(Cl)nc1CNC(=O)c1c(F)cccc1C(F)(F)F. The van der Waals surface area contributed by atoms with Crippen molar-refractivity contribution in [1.29, 1.82) is 0 Å². The fourth-order valence-electron chi connectivity index (χ4n) is 2.62. The first-order chi connectivity index (χ1) is 14.1. The molecule has 3 rings (SSSR count). The summed E-state index contributed by atoms with van der Waals surface area (Å²) in [6.45, 7) is -0.452. The van der Waals surface area contributed by atoms with Gasteiger partial charge in [0.05, 0.1) is 17.7 Å². The predicted octanol–water partition coefficient (Wildman–Crippen LogP) is 4.61. The van der Waals surface area contributed by atoms with Gasteiger partial charge in [-0.3, -0.25) is 4.79 Å². The highest BCUT2D eigenvalue weighted by atomic mass is 35.5. The first-order valence-corrected chi connectivity index (χ1v) is 8.67. The fourth-order valence-corrected chi connectivity index (χ4v) is 2.88. The number of anilines is 1. The molecule has 0 bridgehead atoms. The summed E-state index contributed by atoms with van der Waals surface area (Å²) in [6, 6.07) is 7.38. The third-order valence-electron chi connectivity index (χ3n) is 4.04. The lowest BCUT2D eigenvalue weighted by atomic mass is 10.1. The number of nitrogens with two attached hydrogens (primary N) is 1. The van der Waals surface area contributed by atoms with E-state index in [4.69, 9.17) is 17.3 Å². The zero-order chi connectivity index (χ0) is 22.1. The molecule has 0 radical (unpaired) electrons. The van der Waals surface area contributed by atoms with Crippen molar-refractivity contribution in [2.75, 3.05) is 5.73 Å². The molecule has 0 saturated heterocycles. The molecule has 0 unspecified atom stereocenters. The van der Waals surface area contributed by atoms with Crippen LogP contribution in [0.3, 0.4) is 0 Å². The highest BCUT2D eigenvalue weighted by Gasteiger charge is 2.36. The minimum absolute atomic E-state index is 0.0379. The van der Waals surface area contributed by atoms with Crippen molar-refractivity contribution in [3.05, 3.63) is 76.1 Å². The Balaban J connectivity index is 1.84. The monoisotopic (exact) mass is 442 g/mol. The van der Waals surface area contributed by atoms with E-state index in [0.29, 0.717) is 11.6 Å². The third kappa shape index (κ3) is 4.48. The molecular weight excluding hydrogens is 431 g/mol. The van der Waals surface area contributed by atoms with Crippen LogP contribution in [0.25, 0.3) is 11.3 Å². The lowest BCUT2D eigenvalue weighted by molar-refractivity contribution is -0.138. The van der Waals surface area contributed by atoms with Gasteiger partial charge >= 0.3 is 6.18 Å². The molecule has 0 aliphatic heterocycles. The lowest BCUT2D eigenvalue weighted by Crippen LogP contribution is -2.28. The number of carbonyl (C=O) groups is 1. The molecule has 5 nitrogen and oxygen atoms in total. The van der Waals surface area contributed by atoms with Crippen LogP contribution < -0.4 is 11.1 Å². The van der Waals surface area contributed by atoms with Gasteiger partial charge in [-0.25, -0.2) is 18.7 Å². The number of halogens is 6. The maximum absolute atomic E-state index is 13.9. The molecule has 3 aromatic rings. The summed E-state index contributed by atoms with van der Waals surface area (Å²) in [5, 5.41) is 2.01. The van der Waals surface area contributed by atoms with Crippen molar-refractivity contribution in [1.82, 2.24) is 15.3 Å². The molecule has 0 saturated carbocycles. The van der Waals surface area contributed by atoms with E-state index in [-0.39, 0.29) is 22.4 Å². The molecular formula is C19H12ClF5N4O. The van der Waals surface area contributed by atoms with Crippen LogP contribution in [0.2, 0.25) is 5.15 Å². The van der Waals surface area contributed by atoms with Gasteiger partial charge in [-0.15, -0.1) is 0 Å². The first kappa shape index (κ1) is 21.4. The number of benzene rings is 2. The zero-order valence-corrected chi connectivity index (χ0v) is 15.7. The Bertz CT molecular complexity index is 1100. The van der Waals surface area contributed by atoms with Gasteiger partial charge in [0.15, 0.2) is 5.15 Å². The molecule has 0 fully saturated rings. The van der Waals surface area contributed by atoms with Crippen LogP contribution in [0.15, 0.2) is 42.5 Å². The topological polar surface area (TPSA) is 80.9 Å². The Morgan fingerprint density at radius 3 is 2.37 bits per heavy atom. The summed E-state index contributed by atoms with van der Waals surface area (Å²) in [5.74, 6) is -3.27. The van der Waals surface area contributed by atoms with Crippen LogP contribution in [-0.2, 0) is 12.7 Å². The van der Waals surface area contributed by atoms with Gasteiger partial charge in [-0.05, 0) is 36.4 Å². The van der Waals surface area contributed by atoms with Gasteiger partial charge in [-0.2, -0.15) is 13.2 Å². The van der Waals surface area contributed by atoms with Crippen molar-refractivity contribution in [2.45, 2.75) is 12.7 Å². The van der Waals surface area contributed by atoms with E-state index in [1.807, 2.05) is 0 Å². The van der Waals surface area contributed by atoms with Gasteiger partial charge in [-0.1, -0.05) is 17.7 Å². The summed E-state index contributed by atoms with van der Waals surface area (Å²) in [4.78, 5) is 20.3. The summed E-state index contributed by atoms with van der Waals surface area (Å²) < 4.78 is 66.2. The maximum Gasteiger partial charge on any atom is 0.417 e. The van der Waals surface area contributed by atoms with E-state index < -0.39 is 41.4 Å². The molecule has 156 valence electrons. The Kier molecular flexibility index (Phi) is 5.88. The van der Waals surface area contributed by atoms with Crippen molar-refractivity contribution < 1.29 is 26.7 Å². The number of hydrogen-bond acceptors (Lipinski definition) is 4. The summed E-state index contributed by atoms with van der Waals surface area (Å²) in [7, 11) is 0. The van der Waals surface area contributed by atoms with Gasteiger partial charge in [0, 0.05) is 5.56 Å². The molecule has 11 heteroatoms. The number of rotatable bonds is 4. The molecule has 1 heterocycles. The number of nitrogen functional groups attached to an aromatic ring is 1. The molecule has 0 aliphatic rings. The normalized spacial score (nSPS) is 11.4. The second-order valence-electron chi connectivity index (χ2n) is 6.04. The van der Waals surface area contributed by atoms with Crippen molar-refractivity contribution in [2.24, 2.45) is 0 Å². The second kappa shape index (κ2) is 8.23. The van der Waals surface area contributed by atoms with E-state index in [0.717, 1.165) is 12.1 Å². The van der Waals surface area contributed by atoms with Crippen molar-refractivity contribution in [3.8, 4) is 11.3 Å². The van der Waals surface area contributed by atoms with Gasteiger partial charge in [0.2, 0.25) is 0 Å². The largest absolute Gasteiger partial charge is 0.417 e. The molecule has 3 N–H and O–H groups in total. The quantitative estimate of drug-likeness (QED) is 0.578. The van der Waals surface area contributed by atoms with Crippen LogP contribution in [0.1, 0.15) is 21.6 Å². The lowest BCUT2D eigenvalue weighted by Gasteiger charge is -2.14. The highest BCUT2D eigenvalue weighted by Crippen LogP contribution is 2.33. The van der Waals surface area contributed by atoms with Crippen LogP contribution in [0, 0.1) is 11.6 Å². The molecule has 0 spiro atoms. The average Bonchev–Trinajstić information content (AvgIpc) is 2.68. The number of nitrogens with one attached hydrogen (secondary N) is 1. The van der Waals surface area contributed by atoms with E-state index in [2.05, 4.69) is 15.3 Å². The van der Waals surface area contributed by atoms with Gasteiger partial charge in [0.25, 0.3) is 5.91 Å². The Morgan fingerprint density at radius 2 is 1.73 bits per heavy atom. The number of amides is 1. The highest BCUT2D eigenvalue weighted by molar-refractivity contribution is 6.31. The summed E-state index contributed by atoms with van der Waals surface area (Å²) in [5.41, 5.74) is 3.78. The number of hydrogen-bond donors (Lipinski definition) is 2. The van der Waals surface area contributed by atoms with E-state index in [1.165, 1.54) is 24.3 Å². The molecule has 30 heavy (non-hydrogen) atoms. The smallest absolute Gasteiger partial charge is 0.382 e. The van der Waals surface area contributed by atoms with Crippen LogP contribution in [0.5, 0.6) is 0 Å². The number of nitrogens with zero attached hydrogens (tertiary/aromatic N) is 2. The predicted molar refractivity (Wildman–Crippen MR) is 99.4 cm³/mol. The molecule has 1 aromatic heterocycles.